The maximum absolute atomic E-state index is 5.90. The van der Waals surface area contributed by atoms with Gasteiger partial charge in [-0.25, -0.2) is 0 Å². The molecule has 1 heterocycles. The fourth-order valence-electron chi connectivity index (χ4n) is 2.01. The lowest BCUT2D eigenvalue weighted by Gasteiger charge is -2.21. The molecule has 1 fully saturated rings. The van der Waals surface area contributed by atoms with Gasteiger partial charge in [-0.2, -0.15) is 0 Å². The van der Waals surface area contributed by atoms with Crippen molar-refractivity contribution < 1.29 is 4.74 Å². The lowest BCUT2D eigenvalue weighted by molar-refractivity contribution is 0.300. The van der Waals surface area contributed by atoms with Crippen LogP contribution in [0, 0.1) is 5.92 Å². The van der Waals surface area contributed by atoms with E-state index in [1.165, 1.54) is 18.5 Å². The van der Waals surface area contributed by atoms with Gasteiger partial charge in [-0.1, -0.05) is 24.3 Å². The molecule has 2 heteroatoms. The Morgan fingerprint density at radius 2 is 1.88 bits per heavy atom. The number of para-hydroxylation sites is 2. The van der Waals surface area contributed by atoms with E-state index < -0.39 is 0 Å². The van der Waals surface area contributed by atoms with E-state index >= 15 is 0 Å². The molecule has 0 bridgehead atoms. The molecule has 84 valence electrons. The minimum Gasteiger partial charge on any atom is -0.491 e. The standard InChI is InChI=1S/C14H17NO/c1-2-6-14(16-11-12-7-8-12)13(5-1)15-9-3-4-10-15/h1-6,12H,7-11H2. The van der Waals surface area contributed by atoms with E-state index in [1.54, 1.807) is 0 Å². The second-order valence-corrected chi connectivity index (χ2v) is 4.60. The third kappa shape index (κ3) is 2.06. The lowest BCUT2D eigenvalue weighted by atomic mass is 10.2. The Hall–Kier alpha value is -1.44. The van der Waals surface area contributed by atoms with Gasteiger partial charge < -0.3 is 9.64 Å². The summed E-state index contributed by atoms with van der Waals surface area (Å²) in [6.07, 6.45) is 7.09. The smallest absolute Gasteiger partial charge is 0.142 e. The summed E-state index contributed by atoms with van der Waals surface area (Å²) in [5, 5.41) is 0. The van der Waals surface area contributed by atoms with Crippen molar-refractivity contribution in [3.63, 3.8) is 0 Å². The minimum absolute atomic E-state index is 0.810. The van der Waals surface area contributed by atoms with Crippen molar-refractivity contribution in [2.45, 2.75) is 12.8 Å². The highest BCUT2D eigenvalue weighted by Gasteiger charge is 2.22. The van der Waals surface area contributed by atoms with Crippen LogP contribution in [0.4, 0.5) is 5.69 Å². The van der Waals surface area contributed by atoms with E-state index in [1.807, 2.05) is 0 Å². The first-order valence-electron chi connectivity index (χ1n) is 6.05. The maximum atomic E-state index is 5.90. The van der Waals surface area contributed by atoms with E-state index in [9.17, 15) is 0 Å². The number of anilines is 1. The molecule has 0 spiro atoms. The van der Waals surface area contributed by atoms with Crippen LogP contribution in [0.2, 0.25) is 0 Å². The van der Waals surface area contributed by atoms with E-state index in [4.69, 9.17) is 4.74 Å². The van der Waals surface area contributed by atoms with Gasteiger partial charge in [0.1, 0.15) is 5.75 Å². The van der Waals surface area contributed by atoms with E-state index in [-0.39, 0.29) is 0 Å². The molecule has 1 aliphatic heterocycles. The minimum atomic E-state index is 0.810. The van der Waals surface area contributed by atoms with Gasteiger partial charge in [0.2, 0.25) is 0 Å². The normalized spacial score (nSPS) is 19.1. The number of hydrogen-bond acceptors (Lipinski definition) is 2. The van der Waals surface area contributed by atoms with Gasteiger partial charge in [-0.05, 0) is 30.9 Å². The first kappa shape index (κ1) is 9.76. The number of benzene rings is 1. The molecule has 1 aliphatic carbocycles. The zero-order chi connectivity index (χ0) is 10.8. The van der Waals surface area contributed by atoms with Crippen molar-refractivity contribution in [1.82, 2.24) is 0 Å². The van der Waals surface area contributed by atoms with Crippen molar-refractivity contribution >= 4 is 5.69 Å². The van der Waals surface area contributed by atoms with Crippen LogP contribution in [0.25, 0.3) is 0 Å². The largest absolute Gasteiger partial charge is 0.491 e. The number of ether oxygens (including phenoxy) is 1. The summed E-state index contributed by atoms with van der Waals surface area (Å²) in [4.78, 5) is 2.34. The fraction of sp³-hybridized carbons (Fsp3) is 0.429. The van der Waals surface area contributed by atoms with Crippen LogP contribution in [-0.2, 0) is 0 Å². The third-order valence-corrected chi connectivity index (χ3v) is 3.20. The van der Waals surface area contributed by atoms with E-state index in [0.29, 0.717) is 0 Å². The van der Waals surface area contributed by atoms with Crippen molar-refractivity contribution in [2.24, 2.45) is 5.92 Å². The molecule has 0 amide bonds. The molecule has 0 radical (unpaired) electrons. The van der Waals surface area contributed by atoms with Crippen LogP contribution in [0.5, 0.6) is 5.75 Å². The van der Waals surface area contributed by atoms with Crippen LogP contribution in [0.1, 0.15) is 12.8 Å². The zero-order valence-corrected chi connectivity index (χ0v) is 9.43. The topological polar surface area (TPSA) is 12.5 Å². The highest BCUT2D eigenvalue weighted by atomic mass is 16.5. The van der Waals surface area contributed by atoms with Gasteiger partial charge in [-0.3, -0.25) is 0 Å². The highest BCUT2D eigenvalue weighted by Crippen LogP contribution is 2.33. The van der Waals surface area contributed by atoms with Gasteiger partial charge in [0.25, 0.3) is 0 Å². The zero-order valence-electron chi connectivity index (χ0n) is 9.43. The van der Waals surface area contributed by atoms with Gasteiger partial charge in [-0.15, -0.1) is 0 Å². The second-order valence-electron chi connectivity index (χ2n) is 4.60. The van der Waals surface area contributed by atoms with Gasteiger partial charge in [0, 0.05) is 13.1 Å². The quantitative estimate of drug-likeness (QED) is 0.716. The number of hydrogen-bond donors (Lipinski definition) is 0. The van der Waals surface area contributed by atoms with E-state index in [0.717, 1.165) is 31.4 Å². The molecule has 2 nitrogen and oxygen atoms in total. The summed E-state index contributed by atoms with van der Waals surface area (Å²) >= 11 is 0. The van der Waals surface area contributed by atoms with Crippen LogP contribution >= 0.6 is 0 Å². The molecule has 0 saturated heterocycles. The molecule has 0 N–H and O–H groups in total. The molecule has 1 saturated carbocycles. The molecule has 2 aliphatic rings. The highest BCUT2D eigenvalue weighted by molar-refractivity contribution is 5.60. The molecule has 1 aromatic rings. The van der Waals surface area contributed by atoms with Gasteiger partial charge in [0.05, 0.1) is 12.3 Å². The molecule has 0 unspecified atom stereocenters. The summed E-state index contributed by atoms with van der Waals surface area (Å²) in [5.74, 6) is 1.85. The molecule has 0 aromatic heterocycles. The average Bonchev–Trinajstić information content (AvgIpc) is 3.00. The van der Waals surface area contributed by atoms with Gasteiger partial charge in [0.15, 0.2) is 0 Å². The Morgan fingerprint density at radius 3 is 2.62 bits per heavy atom. The SMILES string of the molecule is C1=CCN(c2ccccc2OCC2CC2)C1. The summed E-state index contributed by atoms with van der Waals surface area (Å²) in [7, 11) is 0. The van der Waals surface area contributed by atoms with Crippen molar-refractivity contribution in [3.05, 3.63) is 36.4 Å². The molecule has 3 rings (SSSR count). The van der Waals surface area contributed by atoms with Gasteiger partial charge >= 0.3 is 0 Å². The van der Waals surface area contributed by atoms with Crippen LogP contribution in [0.15, 0.2) is 36.4 Å². The summed E-state index contributed by atoms with van der Waals surface area (Å²) in [6, 6.07) is 8.36. The van der Waals surface area contributed by atoms with Crippen molar-refractivity contribution in [2.75, 3.05) is 24.6 Å². The Bertz CT molecular complexity index is 387. The third-order valence-electron chi connectivity index (χ3n) is 3.20. The first-order valence-corrected chi connectivity index (χ1v) is 6.05. The summed E-state index contributed by atoms with van der Waals surface area (Å²) < 4.78 is 5.90. The molecule has 16 heavy (non-hydrogen) atoms. The van der Waals surface area contributed by atoms with E-state index in [2.05, 4.69) is 41.3 Å². The first-order chi connectivity index (χ1) is 7.93. The van der Waals surface area contributed by atoms with Crippen LogP contribution < -0.4 is 9.64 Å². The maximum Gasteiger partial charge on any atom is 0.142 e. The Labute approximate surface area is 96.5 Å². The van der Waals surface area contributed by atoms with Crippen LogP contribution in [0.3, 0.4) is 0 Å². The Kier molecular flexibility index (Phi) is 2.56. The summed E-state index contributed by atoms with van der Waals surface area (Å²) in [5.41, 5.74) is 1.23. The average molecular weight is 215 g/mol. The number of rotatable bonds is 4. The Balaban J connectivity index is 1.73. The predicted octanol–water partition coefficient (Wildman–Crippen LogP) is 2.85. The van der Waals surface area contributed by atoms with Crippen molar-refractivity contribution in [3.8, 4) is 5.75 Å². The lowest BCUT2D eigenvalue weighted by Crippen LogP contribution is -2.19. The molecule has 0 atom stereocenters. The second kappa shape index (κ2) is 4.20. The number of nitrogens with zero attached hydrogens (tertiary/aromatic N) is 1. The summed E-state index contributed by atoms with van der Waals surface area (Å²) in [6.45, 7) is 2.89. The fourth-order valence-corrected chi connectivity index (χ4v) is 2.01. The molecular formula is C14H17NO. The molecular weight excluding hydrogens is 198 g/mol. The molecule has 1 aromatic carbocycles. The van der Waals surface area contributed by atoms with Crippen LogP contribution in [-0.4, -0.2) is 19.7 Å². The van der Waals surface area contributed by atoms with Crippen molar-refractivity contribution in [1.29, 1.82) is 0 Å². The predicted molar refractivity (Wildman–Crippen MR) is 66.0 cm³/mol. The monoisotopic (exact) mass is 215 g/mol. The Morgan fingerprint density at radius 1 is 1.12 bits per heavy atom.